The first-order valence-corrected chi connectivity index (χ1v) is 11.3. The molecule has 0 atom stereocenters. The van der Waals surface area contributed by atoms with Crippen LogP contribution in [-0.2, 0) is 28.7 Å². The van der Waals surface area contributed by atoms with Gasteiger partial charge in [-0.3, -0.25) is 9.59 Å². The van der Waals surface area contributed by atoms with Gasteiger partial charge in [-0.1, -0.05) is 35.5 Å². The zero-order valence-corrected chi connectivity index (χ0v) is 19.5. The molecule has 2 aromatic carbocycles. The summed E-state index contributed by atoms with van der Waals surface area (Å²) < 4.78 is 53.5. The molecule has 0 aliphatic heterocycles. The number of nitrogens with zero attached hydrogens (tertiary/aromatic N) is 3. The Morgan fingerprint density at radius 2 is 1.80 bits per heavy atom. The highest BCUT2D eigenvalue weighted by molar-refractivity contribution is 7.99. The van der Waals surface area contributed by atoms with Gasteiger partial charge in [0.1, 0.15) is 11.6 Å². The minimum atomic E-state index is -4.54. The lowest BCUT2D eigenvalue weighted by atomic mass is 10.2. The van der Waals surface area contributed by atoms with Crippen molar-refractivity contribution in [1.29, 1.82) is 0 Å². The molecule has 0 aliphatic carbocycles. The van der Waals surface area contributed by atoms with E-state index in [1.807, 2.05) is 0 Å². The molecule has 2 amide bonds. The molecule has 3 rings (SSSR count). The fraction of sp³-hybridized carbons (Fsp3) is 0.182. The predicted molar refractivity (Wildman–Crippen MR) is 125 cm³/mol. The Kier molecular flexibility index (Phi) is 8.52. The van der Waals surface area contributed by atoms with Gasteiger partial charge in [-0.15, -0.1) is 16.8 Å². The predicted octanol–water partition coefficient (Wildman–Crippen LogP) is 5.19. The Labute approximate surface area is 206 Å². The van der Waals surface area contributed by atoms with Gasteiger partial charge in [-0.2, -0.15) is 13.2 Å². The molecule has 184 valence electrons. The number of hydrogen-bond donors (Lipinski definition) is 2. The number of carbonyl (C=O) groups excluding carboxylic acids is 2. The average Bonchev–Trinajstić information content (AvgIpc) is 3.16. The van der Waals surface area contributed by atoms with Crippen molar-refractivity contribution in [3.05, 3.63) is 77.3 Å². The Hall–Kier alpha value is -3.38. The number of aromatic nitrogens is 3. The van der Waals surface area contributed by atoms with Crippen molar-refractivity contribution in [1.82, 2.24) is 14.8 Å². The smallest absolute Gasteiger partial charge is 0.326 e. The number of hydrogen-bond acceptors (Lipinski definition) is 5. The molecule has 1 aromatic heterocycles. The maximum Gasteiger partial charge on any atom is 0.416 e. The van der Waals surface area contributed by atoms with E-state index in [1.54, 1.807) is 10.6 Å². The van der Waals surface area contributed by atoms with E-state index in [-0.39, 0.29) is 35.3 Å². The summed E-state index contributed by atoms with van der Waals surface area (Å²) in [5.74, 6) is -1.44. The van der Waals surface area contributed by atoms with Crippen molar-refractivity contribution in [2.24, 2.45) is 0 Å². The standard InChI is InChI=1S/C22H18ClF4N5O2S/c1-2-8-32-18(11-19(33)28-14-5-3-4-13(9-14)22(25,26)27)30-31-21(32)35-12-20(34)29-15-6-7-17(24)16(23)10-15/h2-7,9-10H,1,8,11-12H2,(H,28,33)(H,29,34). The quantitative estimate of drug-likeness (QED) is 0.227. The van der Waals surface area contributed by atoms with Gasteiger partial charge in [0, 0.05) is 17.9 Å². The lowest BCUT2D eigenvalue weighted by Crippen LogP contribution is -2.18. The maximum atomic E-state index is 13.3. The number of benzene rings is 2. The topological polar surface area (TPSA) is 88.9 Å². The second-order valence-corrected chi connectivity index (χ2v) is 8.42. The molecule has 3 aromatic rings. The number of alkyl halides is 3. The maximum absolute atomic E-state index is 13.3. The molecule has 13 heteroatoms. The molecular weight excluding hydrogens is 510 g/mol. The van der Waals surface area contributed by atoms with Crippen LogP contribution in [0.3, 0.4) is 0 Å². The second-order valence-electron chi connectivity index (χ2n) is 7.07. The molecule has 1 heterocycles. The minimum absolute atomic E-state index is 0.00761. The van der Waals surface area contributed by atoms with Crippen LogP contribution in [0, 0.1) is 5.82 Å². The Balaban J connectivity index is 1.63. The SMILES string of the molecule is C=CCn1c(CC(=O)Nc2cccc(C(F)(F)F)c2)nnc1SCC(=O)Nc1ccc(F)c(Cl)c1. The van der Waals surface area contributed by atoms with Gasteiger partial charge in [0.05, 0.1) is 22.8 Å². The van der Waals surface area contributed by atoms with Crippen LogP contribution in [0.1, 0.15) is 11.4 Å². The van der Waals surface area contributed by atoms with E-state index in [1.165, 1.54) is 24.3 Å². The Bertz CT molecular complexity index is 1250. The normalized spacial score (nSPS) is 11.2. The largest absolute Gasteiger partial charge is 0.416 e. The van der Waals surface area contributed by atoms with Crippen molar-refractivity contribution in [2.75, 3.05) is 16.4 Å². The summed E-state index contributed by atoms with van der Waals surface area (Å²) in [4.78, 5) is 24.7. The van der Waals surface area contributed by atoms with E-state index in [0.29, 0.717) is 10.8 Å². The Morgan fingerprint density at radius 1 is 1.09 bits per heavy atom. The highest BCUT2D eigenvalue weighted by Crippen LogP contribution is 2.30. The van der Waals surface area contributed by atoms with Gasteiger partial charge < -0.3 is 15.2 Å². The van der Waals surface area contributed by atoms with Crippen molar-refractivity contribution in [3.63, 3.8) is 0 Å². The third-order valence-electron chi connectivity index (χ3n) is 4.43. The number of thioether (sulfide) groups is 1. The molecule has 0 saturated heterocycles. The summed E-state index contributed by atoms with van der Waals surface area (Å²) in [6, 6.07) is 8.05. The van der Waals surface area contributed by atoms with E-state index < -0.39 is 29.4 Å². The van der Waals surface area contributed by atoms with E-state index in [9.17, 15) is 27.2 Å². The van der Waals surface area contributed by atoms with Gasteiger partial charge >= 0.3 is 6.18 Å². The lowest BCUT2D eigenvalue weighted by Gasteiger charge is -2.11. The van der Waals surface area contributed by atoms with Gasteiger partial charge in [0.15, 0.2) is 5.16 Å². The van der Waals surface area contributed by atoms with Crippen LogP contribution in [0.25, 0.3) is 0 Å². The van der Waals surface area contributed by atoms with Crippen molar-refractivity contribution >= 4 is 46.6 Å². The molecule has 2 N–H and O–H groups in total. The number of allylic oxidation sites excluding steroid dienone is 1. The summed E-state index contributed by atoms with van der Waals surface area (Å²) >= 11 is 6.75. The zero-order chi connectivity index (χ0) is 25.6. The van der Waals surface area contributed by atoms with E-state index >= 15 is 0 Å². The molecule has 0 saturated carbocycles. The van der Waals surface area contributed by atoms with E-state index in [4.69, 9.17) is 11.6 Å². The summed E-state index contributed by atoms with van der Waals surface area (Å²) in [5.41, 5.74) is -0.571. The number of carbonyl (C=O) groups is 2. The van der Waals surface area contributed by atoms with Crippen molar-refractivity contribution in [2.45, 2.75) is 24.3 Å². The summed E-state index contributed by atoms with van der Waals surface area (Å²) in [7, 11) is 0. The van der Waals surface area contributed by atoms with E-state index in [2.05, 4.69) is 27.4 Å². The number of nitrogens with one attached hydrogen (secondary N) is 2. The van der Waals surface area contributed by atoms with Crippen molar-refractivity contribution in [3.8, 4) is 0 Å². The van der Waals surface area contributed by atoms with Gasteiger partial charge in [0.2, 0.25) is 11.8 Å². The van der Waals surface area contributed by atoms with Crippen LogP contribution in [0.4, 0.5) is 28.9 Å². The number of anilines is 2. The van der Waals surface area contributed by atoms with Crippen LogP contribution in [0.15, 0.2) is 60.3 Å². The molecule has 0 fully saturated rings. The highest BCUT2D eigenvalue weighted by atomic mass is 35.5. The van der Waals surface area contributed by atoms with Crippen LogP contribution >= 0.6 is 23.4 Å². The molecule has 0 unspecified atom stereocenters. The van der Waals surface area contributed by atoms with Crippen molar-refractivity contribution < 1.29 is 27.2 Å². The fourth-order valence-electron chi connectivity index (χ4n) is 2.89. The minimum Gasteiger partial charge on any atom is -0.326 e. The molecule has 0 aliphatic rings. The summed E-state index contributed by atoms with van der Waals surface area (Å²) in [5, 5.41) is 13.2. The number of rotatable bonds is 9. The van der Waals surface area contributed by atoms with Crippen LogP contribution in [0.2, 0.25) is 5.02 Å². The first-order valence-electron chi connectivity index (χ1n) is 9.94. The van der Waals surface area contributed by atoms with Crippen LogP contribution in [-0.4, -0.2) is 32.3 Å². The number of amides is 2. The fourth-order valence-corrected chi connectivity index (χ4v) is 3.84. The third-order valence-corrected chi connectivity index (χ3v) is 5.69. The second kappa shape index (κ2) is 11.4. The molecular formula is C22H18ClF4N5O2S. The third kappa shape index (κ3) is 7.30. The average molecular weight is 528 g/mol. The van der Waals surface area contributed by atoms with Gasteiger partial charge in [-0.25, -0.2) is 4.39 Å². The first kappa shape index (κ1) is 26.2. The monoisotopic (exact) mass is 527 g/mol. The summed E-state index contributed by atoms with van der Waals surface area (Å²) in [6.07, 6.45) is -3.26. The summed E-state index contributed by atoms with van der Waals surface area (Å²) in [6.45, 7) is 3.88. The highest BCUT2D eigenvalue weighted by Gasteiger charge is 2.30. The molecule has 35 heavy (non-hydrogen) atoms. The lowest BCUT2D eigenvalue weighted by molar-refractivity contribution is -0.137. The van der Waals surface area contributed by atoms with Gasteiger partial charge in [-0.05, 0) is 36.4 Å². The molecule has 0 spiro atoms. The Morgan fingerprint density at radius 3 is 2.49 bits per heavy atom. The first-order chi connectivity index (χ1) is 16.6. The zero-order valence-electron chi connectivity index (χ0n) is 17.9. The molecule has 0 bridgehead atoms. The van der Waals surface area contributed by atoms with E-state index in [0.717, 1.165) is 30.0 Å². The molecule has 0 radical (unpaired) electrons. The van der Waals surface area contributed by atoms with Crippen LogP contribution < -0.4 is 10.6 Å². The number of halogens is 5. The van der Waals surface area contributed by atoms with Gasteiger partial charge in [0.25, 0.3) is 0 Å². The van der Waals surface area contributed by atoms with Crippen LogP contribution in [0.5, 0.6) is 0 Å². The molecule has 7 nitrogen and oxygen atoms in total.